The molecule has 0 unspecified atom stereocenters. The number of rotatable bonds is 7. The zero-order valence-corrected chi connectivity index (χ0v) is 19.6. The van der Waals surface area contributed by atoms with E-state index in [2.05, 4.69) is 70.1 Å². The van der Waals surface area contributed by atoms with E-state index in [0.29, 0.717) is 6.04 Å². The maximum Gasteiger partial charge on any atom is 0.225 e. The van der Waals surface area contributed by atoms with Crippen LogP contribution in [0, 0.1) is 5.92 Å². The minimum absolute atomic E-state index is 0. The second-order valence-electron chi connectivity index (χ2n) is 9.46. The van der Waals surface area contributed by atoms with Crippen LogP contribution in [0.5, 0.6) is 0 Å². The summed E-state index contributed by atoms with van der Waals surface area (Å²) in [6, 6.07) is 24.0. The van der Waals surface area contributed by atoms with Crippen molar-refractivity contribution in [1.29, 1.82) is 0 Å². The van der Waals surface area contributed by atoms with Crippen LogP contribution >= 0.6 is 0 Å². The number of hydrogen-bond donors (Lipinski definition) is 2. The Morgan fingerprint density at radius 2 is 1.59 bits per heavy atom. The van der Waals surface area contributed by atoms with Gasteiger partial charge in [-0.3, -0.25) is 0 Å². The van der Waals surface area contributed by atoms with Gasteiger partial charge in [0.25, 0.3) is 0 Å². The highest BCUT2D eigenvalue weighted by molar-refractivity contribution is 5.90. The van der Waals surface area contributed by atoms with Gasteiger partial charge in [-0.2, -0.15) is 4.98 Å². The summed E-state index contributed by atoms with van der Waals surface area (Å²) in [6.45, 7) is 2.01. The third-order valence-corrected chi connectivity index (χ3v) is 6.76. The lowest BCUT2D eigenvalue weighted by atomic mass is 9.86. The predicted octanol–water partition coefficient (Wildman–Crippen LogP) is 6.25. The van der Waals surface area contributed by atoms with Crippen LogP contribution in [-0.2, 0) is 6.54 Å². The fourth-order valence-corrected chi connectivity index (χ4v) is 4.93. The van der Waals surface area contributed by atoms with E-state index in [-0.39, 0.29) is 7.43 Å². The SMILES string of the molecule is C.CN(C)c1nc(NC2CCC(CNCc3ccc4ccccc4c3)CC2)nc2ccccc12. The van der Waals surface area contributed by atoms with Gasteiger partial charge in [-0.25, -0.2) is 4.98 Å². The molecule has 0 spiro atoms. The number of para-hydroxylation sites is 1. The molecule has 5 rings (SSSR count). The first-order valence-corrected chi connectivity index (χ1v) is 12.0. The van der Waals surface area contributed by atoms with Crippen LogP contribution in [0.1, 0.15) is 38.7 Å². The van der Waals surface area contributed by atoms with Crippen LogP contribution in [0.15, 0.2) is 66.7 Å². The van der Waals surface area contributed by atoms with Gasteiger partial charge in [0.2, 0.25) is 5.95 Å². The van der Waals surface area contributed by atoms with Crippen molar-refractivity contribution in [3.05, 3.63) is 72.3 Å². The van der Waals surface area contributed by atoms with E-state index in [9.17, 15) is 0 Å². The molecular formula is C29H37N5. The van der Waals surface area contributed by atoms with Gasteiger partial charge in [0.1, 0.15) is 5.82 Å². The van der Waals surface area contributed by atoms with Crippen LogP contribution < -0.4 is 15.5 Å². The third-order valence-electron chi connectivity index (χ3n) is 6.76. The molecule has 34 heavy (non-hydrogen) atoms. The lowest BCUT2D eigenvalue weighted by molar-refractivity contribution is 0.324. The predicted molar refractivity (Wildman–Crippen MR) is 146 cm³/mol. The summed E-state index contributed by atoms with van der Waals surface area (Å²) < 4.78 is 0. The molecule has 5 heteroatoms. The van der Waals surface area contributed by atoms with Crippen molar-refractivity contribution >= 4 is 33.4 Å². The molecule has 0 aliphatic heterocycles. The third kappa shape index (κ3) is 5.48. The second-order valence-corrected chi connectivity index (χ2v) is 9.46. The Labute approximate surface area is 203 Å². The molecule has 1 saturated carbocycles. The molecule has 1 aliphatic carbocycles. The zero-order chi connectivity index (χ0) is 22.6. The van der Waals surface area contributed by atoms with Gasteiger partial charge in [0, 0.05) is 32.1 Å². The highest BCUT2D eigenvalue weighted by atomic mass is 15.2. The van der Waals surface area contributed by atoms with Crippen LogP contribution in [0.2, 0.25) is 0 Å². The van der Waals surface area contributed by atoms with Crippen molar-refractivity contribution in [3.8, 4) is 0 Å². The molecular weight excluding hydrogens is 418 g/mol. The van der Waals surface area contributed by atoms with Crippen molar-refractivity contribution in [2.75, 3.05) is 30.9 Å². The molecule has 1 aliphatic rings. The second kappa shape index (κ2) is 10.8. The Morgan fingerprint density at radius 1 is 0.853 bits per heavy atom. The van der Waals surface area contributed by atoms with Crippen molar-refractivity contribution < 1.29 is 0 Å². The number of benzene rings is 3. The van der Waals surface area contributed by atoms with Gasteiger partial charge >= 0.3 is 0 Å². The minimum atomic E-state index is 0. The summed E-state index contributed by atoms with van der Waals surface area (Å²) >= 11 is 0. The number of fused-ring (bicyclic) bond motifs is 2. The molecule has 5 nitrogen and oxygen atoms in total. The molecule has 1 fully saturated rings. The lowest BCUT2D eigenvalue weighted by Crippen LogP contribution is -2.31. The van der Waals surface area contributed by atoms with Gasteiger partial charge in [-0.05, 0) is 72.7 Å². The van der Waals surface area contributed by atoms with Crippen molar-refractivity contribution in [2.45, 2.75) is 45.7 Å². The zero-order valence-electron chi connectivity index (χ0n) is 19.6. The molecule has 1 aromatic heterocycles. The summed E-state index contributed by atoms with van der Waals surface area (Å²) in [6.07, 6.45) is 4.79. The molecule has 178 valence electrons. The summed E-state index contributed by atoms with van der Waals surface area (Å²) in [5.74, 6) is 2.45. The number of nitrogens with one attached hydrogen (secondary N) is 2. The Bertz CT molecular complexity index is 1230. The number of anilines is 2. The Morgan fingerprint density at radius 3 is 2.38 bits per heavy atom. The van der Waals surface area contributed by atoms with E-state index in [1.807, 2.05) is 26.2 Å². The Balaban J connectivity index is 0.00000274. The quantitative estimate of drug-likeness (QED) is 0.345. The van der Waals surface area contributed by atoms with Gasteiger partial charge < -0.3 is 15.5 Å². The Kier molecular flexibility index (Phi) is 7.63. The van der Waals surface area contributed by atoms with E-state index in [1.54, 1.807) is 0 Å². The minimum Gasteiger partial charge on any atom is -0.362 e. The molecule has 0 saturated heterocycles. The smallest absolute Gasteiger partial charge is 0.225 e. The monoisotopic (exact) mass is 455 g/mol. The van der Waals surface area contributed by atoms with E-state index >= 15 is 0 Å². The van der Waals surface area contributed by atoms with E-state index in [0.717, 1.165) is 54.5 Å². The van der Waals surface area contributed by atoms with Gasteiger partial charge in [-0.1, -0.05) is 56.0 Å². The summed E-state index contributed by atoms with van der Waals surface area (Å²) in [5, 5.41) is 11.0. The van der Waals surface area contributed by atoms with Gasteiger partial charge in [0.05, 0.1) is 5.52 Å². The summed E-state index contributed by atoms with van der Waals surface area (Å²) in [4.78, 5) is 11.6. The molecule has 0 bridgehead atoms. The van der Waals surface area contributed by atoms with Crippen LogP contribution in [-0.4, -0.2) is 36.6 Å². The molecule has 4 aromatic rings. The van der Waals surface area contributed by atoms with Crippen molar-refractivity contribution in [1.82, 2.24) is 15.3 Å². The van der Waals surface area contributed by atoms with Gasteiger partial charge in [0.15, 0.2) is 0 Å². The number of nitrogens with zero attached hydrogens (tertiary/aromatic N) is 3. The summed E-state index contributed by atoms with van der Waals surface area (Å²) in [7, 11) is 4.07. The first kappa shape index (κ1) is 24.0. The molecule has 0 amide bonds. The maximum absolute atomic E-state index is 4.81. The number of hydrogen-bond acceptors (Lipinski definition) is 5. The topological polar surface area (TPSA) is 53.1 Å². The summed E-state index contributed by atoms with van der Waals surface area (Å²) in [5.41, 5.74) is 2.35. The standard InChI is InChI=1S/C28H33N5.CH4/c1-33(2)27-25-9-5-6-10-26(25)31-28(32-27)30-24-15-12-20(13-16-24)18-29-19-21-11-14-22-7-3-4-8-23(22)17-21;/h3-11,14,17,20,24,29H,12-13,15-16,18-19H2,1-2H3,(H,30,31,32);1H4. The number of aromatic nitrogens is 2. The van der Waals surface area contributed by atoms with Gasteiger partial charge in [-0.15, -0.1) is 0 Å². The maximum atomic E-state index is 4.81. The first-order valence-electron chi connectivity index (χ1n) is 12.0. The average molecular weight is 456 g/mol. The fraction of sp³-hybridized carbons (Fsp3) is 0.379. The molecule has 3 aromatic carbocycles. The highest BCUT2D eigenvalue weighted by Crippen LogP contribution is 2.28. The molecule has 0 atom stereocenters. The van der Waals surface area contributed by atoms with E-state index in [4.69, 9.17) is 9.97 Å². The Hall–Kier alpha value is -3.18. The van der Waals surface area contributed by atoms with Crippen LogP contribution in [0.3, 0.4) is 0 Å². The lowest BCUT2D eigenvalue weighted by Gasteiger charge is -2.29. The fourth-order valence-electron chi connectivity index (χ4n) is 4.93. The van der Waals surface area contributed by atoms with Crippen molar-refractivity contribution in [3.63, 3.8) is 0 Å². The molecule has 0 radical (unpaired) electrons. The van der Waals surface area contributed by atoms with Crippen molar-refractivity contribution in [2.24, 2.45) is 5.92 Å². The van der Waals surface area contributed by atoms with E-state index in [1.165, 1.54) is 29.2 Å². The van der Waals surface area contributed by atoms with Crippen LogP contribution in [0.25, 0.3) is 21.7 Å². The normalized spacial score (nSPS) is 17.9. The molecule has 2 N–H and O–H groups in total. The van der Waals surface area contributed by atoms with Crippen LogP contribution in [0.4, 0.5) is 11.8 Å². The highest BCUT2D eigenvalue weighted by Gasteiger charge is 2.22. The molecule has 1 heterocycles. The first-order chi connectivity index (χ1) is 16.2. The average Bonchev–Trinajstić information content (AvgIpc) is 2.84. The largest absolute Gasteiger partial charge is 0.362 e. The van der Waals surface area contributed by atoms with E-state index < -0.39 is 0 Å².